The quantitative estimate of drug-likeness (QED) is 0.864. The molecule has 0 fully saturated rings. The fraction of sp³-hybridized carbons (Fsp3) is 0.529. The van der Waals surface area contributed by atoms with Gasteiger partial charge in [-0.25, -0.2) is 8.42 Å². The van der Waals surface area contributed by atoms with Crippen molar-refractivity contribution in [2.24, 2.45) is 11.7 Å². The highest BCUT2D eigenvalue weighted by Gasteiger charge is 2.26. The highest BCUT2D eigenvalue weighted by molar-refractivity contribution is 7.90. The van der Waals surface area contributed by atoms with Gasteiger partial charge < -0.3 is 10.3 Å². The van der Waals surface area contributed by atoms with Crippen LogP contribution in [0.2, 0.25) is 0 Å². The van der Waals surface area contributed by atoms with Crippen LogP contribution in [0.3, 0.4) is 0 Å². The number of nitrogens with zero attached hydrogens (tertiary/aromatic N) is 3. The average molecular weight is 350 g/mol. The summed E-state index contributed by atoms with van der Waals surface area (Å²) >= 11 is 0. The third kappa shape index (κ3) is 4.21. The number of rotatable bonds is 6. The Bertz CT molecular complexity index is 803. The lowest BCUT2D eigenvalue weighted by Gasteiger charge is -2.14. The zero-order valence-corrected chi connectivity index (χ0v) is 15.8. The van der Waals surface area contributed by atoms with Gasteiger partial charge in [0.1, 0.15) is 0 Å². The molecule has 1 heterocycles. The fourth-order valence-electron chi connectivity index (χ4n) is 2.84. The smallest absolute Gasteiger partial charge is 0.250 e. The highest BCUT2D eigenvalue weighted by atomic mass is 32.2. The molecular weight excluding hydrogens is 324 g/mol. The zero-order chi connectivity index (χ0) is 18.1. The maximum atomic E-state index is 12.9. The predicted octanol–water partition coefficient (Wildman–Crippen LogP) is 2.54. The van der Waals surface area contributed by atoms with Crippen LogP contribution in [0.5, 0.6) is 0 Å². The van der Waals surface area contributed by atoms with Crippen LogP contribution in [0.25, 0.3) is 0 Å². The van der Waals surface area contributed by atoms with Crippen LogP contribution >= 0.6 is 0 Å². The third-order valence-electron chi connectivity index (χ3n) is 3.62. The van der Waals surface area contributed by atoms with Crippen LogP contribution < -0.4 is 5.73 Å². The molecule has 0 saturated heterocycles. The van der Waals surface area contributed by atoms with Crippen molar-refractivity contribution in [1.82, 2.24) is 14.8 Å². The number of hydrogen-bond donors (Lipinski definition) is 1. The standard InChI is InChI=1S/C17H26N4O2S/c1-11(2)9-21-16(14(5)18)19-20-17(21)24(22,23)10-15-7-12(3)6-13(4)8-15/h6-8,11,14H,9-10,18H2,1-5H3/t14-/m0/s1. The second-order valence-corrected chi connectivity index (χ2v) is 8.77. The van der Waals surface area contributed by atoms with Crippen LogP contribution in [0.15, 0.2) is 23.4 Å². The van der Waals surface area contributed by atoms with Crippen molar-refractivity contribution in [2.45, 2.75) is 58.1 Å². The van der Waals surface area contributed by atoms with E-state index in [-0.39, 0.29) is 22.9 Å². The summed E-state index contributed by atoms with van der Waals surface area (Å²) in [6.45, 7) is 10.3. The van der Waals surface area contributed by atoms with Gasteiger partial charge in [0.2, 0.25) is 15.0 Å². The Balaban J connectivity index is 2.45. The maximum Gasteiger partial charge on any atom is 0.250 e. The molecule has 1 atom stereocenters. The molecule has 0 bridgehead atoms. The zero-order valence-electron chi connectivity index (χ0n) is 14.9. The SMILES string of the molecule is Cc1cc(C)cc(CS(=O)(=O)c2nnc([C@H](C)N)n2CC(C)C)c1. The van der Waals surface area contributed by atoms with Crippen LogP contribution in [0, 0.1) is 19.8 Å². The van der Waals surface area contributed by atoms with Gasteiger partial charge in [-0.1, -0.05) is 43.2 Å². The molecule has 0 saturated carbocycles. The van der Waals surface area contributed by atoms with E-state index in [0.29, 0.717) is 12.4 Å². The van der Waals surface area contributed by atoms with Crippen LogP contribution in [-0.2, 0) is 22.1 Å². The third-order valence-corrected chi connectivity index (χ3v) is 5.19. The fourth-order valence-corrected chi connectivity index (χ4v) is 4.24. The molecule has 0 aliphatic rings. The van der Waals surface area contributed by atoms with Gasteiger partial charge in [-0.05, 0) is 32.3 Å². The molecule has 132 valence electrons. The summed E-state index contributed by atoms with van der Waals surface area (Å²) in [6.07, 6.45) is 0. The largest absolute Gasteiger partial charge is 0.322 e. The molecule has 7 heteroatoms. The molecule has 1 aromatic heterocycles. The van der Waals surface area contributed by atoms with Gasteiger partial charge in [-0.2, -0.15) is 0 Å². The van der Waals surface area contributed by atoms with Crippen LogP contribution in [-0.4, -0.2) is 23.2 Å². The van der Waals surface area contributed by atoms with Gasteiger partial charge in [0.05, 0.1) is 11.8 Å². The first-order chi connectivity index (χ1) is 11.1. The average Bonchev–Trinajstić information content (AvgIpc) is 2.80. The number of sulfone groups is 1. The molecule has 24 heavy (non-hydrogen) atoms. The number of aryl methyl sites for hydroxylation is 2. The summed E-state index contributed by atoms with van der Waals surface area (Å²) in [5, 5.41) is 7.97. The van der Waals surface area contributed by atoms with Gasteiger partial charge >= 0.3 is 0 Å². The molecule has 0 aliphatic heterocycles. The Morgan fingerprint density at radius 2 is 1.67 bits per heavy atom. The van der Waals surface area contributed by atoms with Gasteiger partial charge in [0.15, 0.2) is 5.82 Å². The van der Waals surface area contributed by atoms with Crippen molar-refractivity contribution >= 4 is 9.84 Å². The lowest BCUT2D eigenvalue weighted by atomic mass is 10.1. The van der Waals surface area contributed by atoms with E-state index in [1.807, 2.05) is 45.9 Å². The number of nitrogens with two attached hydrogens (primary N) is 1. The van der Waals surface area contributed by atoms with Gasteiger partial charge in [0, 0.05) is 6.54 Å². The van der Waals surface area contributed by atoms with E-state index in [1.54, 1.807) is 11.5 Å². The van der Waals surface area contributed by atoms with Gasteiger partial charge in [-0.3, -0.25) is 0 Å². The summed E-state index contributed by atoms with van der Waals surface area (Å²) < 4.78 is 27.4. The normalized spacial score (nSPS) is 13.5. The summed E-state index contributed by atoms with van der Waals surface area (Å²) in [5.41, 5.74) is 8.76. The van der Waals surface area contributed by atoms with Crippen molar-refractivity contribution in [3.05, 3.63) is 40.7 Å². The predicted molar refractivity (Wildman–Crippen MR) is 94.3 cm³/mol. The van der Waals surface area contributed by atoms with Gasteiger partial charge in [0.25, 0.3) is 0 Å². The first kappa shape index (κ1) is 18.6. The molecular formula is C17H26N4O2S. The highest BCUT2D eigenvalue weighted by Crippen LogP contribution is 2.21. The van der Waals surface area contributed by atoms with Crippen molar-refractivity contribution < 1.29 is 8.42 Å². The Hall–Kier alpha value is -1.73. The van der Waals surface area contributed by atoms with Crippen molar-refractivity contribution in [3.63, 3.8) is 0 Å². The number of aromatic nitrogens is 3. The Kier molecular flexibility index (Phi) is 5.45. The minimum absolute atomic E-state index is 0.00246. The molecule has 0 unspecified atom stereocenters. The summed E-state index contributed by atoms with van der Waals surface area (Å²) in [4.78, 5) is 0. The minimum atomic E-state index is -3.60. The molecule has 0 aliphatic carbocycles. The molecule has 0 radical (unpaired) electrons. The van der Waals surface area contributed by atoms with Crippen LogP contribution in [0.1, 0.15) is 49.3 Å². The van der Waals surface area contributed by atoms with Crippen LogP contribution in [0.4, 0.5) is 0 Å². The topological polar surface area (TPSA) is 90.9 Å². The second kappa shape index (κ2) is 7.03. The molecule has 2 N–H and O–H groups in total. The van der Waals surface area contributed by atoms with E-state index in [2.05, 4.69) is 10.2 Å². The van der Waals surface area contributed by atoms with E-state index in [0.717, 1.165) is 16.7 Å². The minimum Gasteiger partial charge on any atom is -0.322 e. The van der Waals surface area contributed by atoms with E-state index in [1.165, 1.54) is 0 Å². The van der Waals surface area contributed by atoms with Crippen molar-refractivity contribution in [1.29, 1.82) is 0 Å². The second-order valence-electron chi connectivity index (χ2n) is 6.89. The molecule has 2 aromatic rings. The first-order valence-corrected chi connectivity index (χ1v) is 9.74. The van der Waals surface area contributed by atoms with E-state index in [9.17, 15) is 8.42 Å². The lowest BCUT2D eigenvalue weighted by molar-refractivity contribution is 0.461. The Morgan fingerprint density at radius 3 is 2.17 bits per heavy atom. The van der Waals surface area contributed by atoms with E-state index >= 15 is 0 Å². The van der Waals surface area contributed by atoms with E-state index < -0.39 is 9.84 Å². The lowest BCUT2D eigenvalue weighted by Crippen LogP contribution is -2.20. The summed E-state index contributed by atoms with van der Waals surface area (Å²) in [7, 11) is -3.60. The molecule has 2 rings (SSSR count). The monoisotopic (exact) mass is 350 g/mol. The van der Waals surface area contributed by atoms with Crippen molar-refractivity contribution in [2.75, 3.05) is 0 Å². The van der Waals surface area contributed by atoms with Gasteiger partial charge in [-0.15, -0.1) is 10.2 Å². The summed E-state index contributed by atoms with van der Waals surface area (Å²) in [6, 6.07) is 5.42. The first-order valence-electron chi connectivity index (χ1n) is 8.08. The Labute approximate surface area is 144 Å². The molecule has 6 nitrogen and oxygen atoms in total. The summed E-state index contributed by atoms with van der Waals surface area (Å²) in [5.74, 6) is 0.668. The maximum absolute atomic E-state index is 12.9. The number of benzene rings is 1. The van der Waals surface area contributed by atoms with E-state index in [4.69, 9.17) is 5.73 Å². The molecule has 0 spiro atoms. The van der Waals surface area contributed by atoms with Crippen molar-refractivity contribution in [3.8, 4) is 0 Å². The molecule has 0 amide bonds. The Morgan fingerprint density at radius 1 is 1.08 bits per heavy atom. The number of hydrogen-bond acceptors (Lipinski definition) is 5. The molecule has 1 aromatic carbocycles.